The minimum Gasteiger partial charge on any atom is -0.362 e. The van der Waals surface area contributed by atoms with E-state index in [2.05, 4.69) is 17.6 Å². The number of hydrogen-bond acceptors (Lipinski definition) is 1. The van der Waals surface area contributed by atoms with E-state index < -0.39 is 11.7 Å². The molecular formula is C13H17F3N2S. The standard InChI is InChI=1S/C13H17F3N2S/c1-3-4-7-17-12(19)18-11-8-10(13(14,15)16)6-5-9(11)2/h5-6,8H,3-4,7H2,1-2H3,(H2,17,18,19). The highest BCUT2D eigenvalue weighted by Gasteiger charge is 2.30. The van der Waals surface area contributed by atoms with Crippen LogP contribution in [0, 0.1) is 6.92 Å². The van der Waals surface area contributed by atoms with Crippen LogP contribution in [-0.2, 0) is 6.18 Å². The number of nitrogens with one attached hydrogen (secondary N) is 2. The predicted octanol–water partition coefficient (Wildman–Crippen LogP) is 4.10. The molecule has 0 amide bonds. The Bertz CT molecular complexity index is 444. The first-order chi connectivity index (χ1) is 8.84. The fraction of sp³-hybridized carbons (Fsp3) is 0.462. The third kappa shape index (κ3) is 5.06. The van der Waals surface area contributed by atoms with E-state index in [0.29, 0.717) is 22.9 Å². The summed E-state index contributed by atoms with van der Waals surface area (Å²) in [7, 11) is 0. The fourth-order valence-corrected chi connectivity index (χ4v) is 1.69. The van der Waals surface area contributed by atoms with Gasteiger partial charge in [0.25, 0.3) is 0 Å². The number of hydrogen-bond donors (Lipinski definition) is 2. The molecule has 0 aliphatic rings. The van der Waals surface area contributed by atoms with Crippen molar-refractivity contribution in [1.82, 2.24) is 5.32 Å². The van der Waals surface area contributed by atoms with Crippen LogP contribution in [0.2, 0.25) is 0 Å². The Morgan fingerprint density at radius 2 is 2.00 bits per heavy atom. The Morgan fingerprint density at radius 3 is 2.58 bits per heavy atom. The number of halogens is 3. The van der Waals surface area contributed by atoms with Gasteiger partial charge in [0.05, 0.1) is 5.56 Å². The molecule has 0 saturated carbocycles. The van der Waals surface area contributed by atoms with E-state index in [-0.39, 0.29) is 0 Å². The number of unbranched alkanes of at least 4 members (excludes halogenated alkanes) is 1. The number of thiocarbonyl (C=S) groups is 1. The summed E-state index contributed by atoms with van der Waals surface area (Å²) >= 11 is 5.04. The minimum absolute atomic E-state index is 0.343. The predicted molar refractivity (Wildman–Crippen MR) is 75.3 cm³/mol. The van der Waals surface area contributed by atoms with E-state index in [1.807, 2.05) is 0 Å². The monoisotopic (exact) mass is 290 g/mol. The second-order valence-electron chi connectivity index (χ2n) is 4.26. The van der Waals surface area contributed by atoms with Crippen LogP contribution in [0.1, 0.15) is 30.9 Å². The molecule has 0 aliphatic carbocycles. The van der Waals surface area contributed by atoms with Crippen molar-refractivity contribution in [2.24, 2.45) is 0 Å². The molecule has 19 heavy (non-hydrogen) atoms. The van der Waals surface area contributed by atoms with Gasteiger partial charge in [0.15, 0.2) is 5.11 Å². The van der Waals surface area contributed by atoms with Crippen molar-refractivity contribution in [2.45, 2.75) is 32.9 Å². The average Bonchev–Trinajstić information content (AvgIpc) is 2.31. The van der Waals surface area contributed by atoms with Crippen LogP contribution in [0.5, 0.6) is 0 Å². The molecule has 0 aromatic heterocycles. The maximum atomic E-state index is 12.6. The Labute approximate surface area is 116 Å². The molecule has 0 radical (unpaired) electrons. The molecule has 0 bridgehead atoms. The van der Waals surface area contributed by atoms with Gasteiger partial charge in [0.2, 0.25) is 0 Å². The normalized spacial score (nSPS) is 11.2. The molecule has 0 fully saturated rings. The third-order valence-corrected chi connectivity index (χ3v) is 2.88. The molecule has 2 nitrogen and oxygen atoms in total. The molecule has 0 atom stereocenters. The van der Waals surface area contributed by atoms with Crippen molar-refractivity contribution < 1.29 is 13.2 Å². The number of anilines is 1. The van der Waals surface area contributed by atoms with Gasteiger partial charge in [-0.25, -0.2) is 0 Å². The molecule has 0 saturated heterocycles. The van der Waals surface area contributed by atoms with E-state index in [1.54, 1.807) is 6.92 Å². The molecule has 0 unspecified atom stereocenters. The lowest BCUT2D eigenvalue weighted by atomic mass is 10.1. The number of rotatable bonds is 4. The molecule has 2 N–H and O–H groups in total. The summed E-state index contributed by atoms with van der Waals surface area (Å²) in [6.45, 7) is 4.49. The van der Waals surface area contributed by atoms with E-state index in [9.17, 15) is 13.2 Å². The van der Waals surface area contributed by atoms with Gasteiger partial charge in [-0.1, -0.05) is 19.4 Å². The highest BCUT2D eigenvalue weighted by Crippen LogP contribution is 2.31. The Balaban J connectivity index is 2.74. The molecule has 0 aliphatic heterocycles. The van der Waals surface area contributed by atoms with E-state index in [0.717, 1.165) is 25.0 Å². The van der Waals surface area contributed by atoms with Crippen molar-refractivity contribution in [2.75, 3.05) is 11.9 Å². The van der Waals surface area contributed by atoms with Gasteiger partial charge in [-0.05, 0) is 43.3 Å². The first kappa shape index (κ1) is 15.8. The van der Waals surface area contributed by atoms with Crippen molar-refractivity contribution in [3.05, 3.63) is 29.3 Å². The highest BCUT2D eigenvalue weighted by molar-refractivity contribution is 7.80. The van der Waals surface area contributed by atoms with Crippen LogP contribution in [-0.4, -0.2) is 11.7 Å². The maximum Gasteiger partial charge on any atom is 0.416 e. The smallest absolute Gasteiger partial charge is 0.362 e. The van der Waals surface area contributed by atoms with Gasteiger partial charge in [-0.3, -0.25) is 0 Å². The molecule has 1 aromatic rings. The summed E-state index contributed by atoms with van der Waals surface area (Å²) in [5.41, 5.74) is 0.411. The zero-order valence-electron chi connectivity index (χ0n) is 10.9. The van der Waals surface area contributed by atoms with Gasteiger partial charge in [0, 0.05) is 12.2 Å². The van der Waals surface area contributed by atoms with E-state index >= 15 is 0 Å². The van der Waals surface area contributed by atoms with Crippen molar-refractivity contribution in [3.8, 4) is 0 Å². The summed E-state index contributed by atoms with van der Waals surface area (Å²) in [6, 6.07) is 3.57. The van der Waals surface area contributed by atoms with Crippen molar-refractivity contribution >= 4 is 23.0 Å². The van der Waals surface area contributed by atoms with Gasteiger partial charge >= 0.3 is 6.18 Å². The van der Waals surface area contributed by atoms with Crippen LogP contribution < -0.4 is 10.6 Å². The Morgan fingerprint density at radius 1 is 1.32 bits per heavy atom. The van der Waals surface area contributed by atoms with Crippen LogP contribution in [0.25, 0.3) is 0 Å². The largest absolute Gasteiger partial charge is 0.416 e. The zero-order valence-corrected chi connectivity index (χ0v) is 11.7. The summed E-state index contributed by atoms with van der Waals surface area (Å²) in [5, 5.41) is 6.10. The summed E-state index contributed by atoms with van der Waals surface area (Å²) < 4.78 is 37.8. The van der Waals surface area contributed by atoms with Crippen LogP contribution in [0.15, 0.2) is 18.2 Å². The van der Waals surface area contributed by atoms with Gasteiger partial charge < -0.3 is 10.6 Å². The number of alkyl halides is 3. The molecular weight excluding hydrogens is 273 g/mol. The maximum absolute atomic E-state index is 12.6. The lowest BCUT2D eigenvalue weighted by Crippen LogP contribution is -2.29. The zero-order chi connectivity index (χ0) is 14.5. The van der Waals surface area contributed by atoms with E-state index in [4.69, 9.17) is 12.2 Å². The van der Waals surface area contributed by atoms with Gasteiger partial charge in [0.1, 0.15) is 0 Å². The average molecular weight is 290 g/mol. The summed E-state index contributed by atoms with van der Waals surface area (Å²) in [4.78, 5) is 0. The topological polar surface area (TPSA) is 24.1 Å². The lowest BCUT2D eigenvalue weighted by molar-refractivity contribution is -0.137. The quantitative estimate of drug-likeness (QED) is 0.645. The first-order valence-corrected chi connectivity index (χ1v) is 6.48. The van der Waals surface area contributed by atoms with Crippen molar-refractivity contribution in [3.63, 3.8) is 0 Å². The van der Waals surface area contributed by atoms with Crippen LogP contribution >= 0.6 is 12.2 Å². The third-order valence-electron chi connectivity index (χ3n) is 2.63. The van der Waals surface area contributed by atoms with E-state index in [1.165, 1.54) is 6.07 Å². The number of benzene rings is 1. The van der Waals surface area contributed by atoms with Gasteiger partial charge in [-0.2, -0.15) is 13.2 Å². The number of aryl methyl sites for hydroxylation is 1. The Hall–Kier alpha value is -1.30. The minimum atomic E-state index is -4.35. The second-order valence-corrected chi connectivity index (χ2v) is 4.67. The fourth-order valence-electron chi connectivity index (χ4n) is 1.48. The first-order valence-electron chi connectivity index (χ1n) is 6.07. The van der Waals surface area contributed by atoms with Gasteiger partial charge in [-0.15, -0.1) is 0 Å². The Kier molecular flexibility index (Phi) is 5.60. The molecule has 1 aromatic carbocycles. The summed E-state index contributed by atoms with van der Waals surface area (Å²) in [5.74, 6) is 0. The second kappa shape index (κ2) is 6.75. The molecule has 0 spiro atoms. The molecule has 1 rings (SSSR count). The van der Waals surface area contributed by atoms with Crippen molar-refractivity contribution in [1.29, 1.82) is 0 Å². The van der Waals surface area contributed by atoms with Crippen LogP contribution in [0.4, 0.5) is 18.9 Å². The SMILES string of the molecule is CCCCNC(=S)Nc1cc(C(F)(F)F)ccc1C. The molecule has 6 heteroatoms. The highest BCUT2D eigenvalue weighted by atomic mass is 32.1. The van der Waals surface area contributed by atoms with Crippen LogP contribution in [0.3, 0.4) is 0 Å². The molecule has 106 valence electrons. The summed E-state index contributed by atoms with van der Waals surface area (Å²) in [6.07, 6.45) is -2.36. The lowest BCUT2D eigenvalue weighted by Gasteiger charge is -2.14. The molecule has 0 heterocycles.